The van der Waals surface area contributed by atoms with Crippen LogP contribution < -0.4 is 0 Å². The van der Waals surface area contributed by atoms with Crippen molar-refractivity contribution in [1.29, 1.82) is 0 Å². The van der Waals surface area contributed by atoms with Crippen LogP contribution in [0.15, 0.2) is 24.3 Å². The summed E-state index contributed by atoms with van der Waals surface area (Å²) in [5.41, 5.74) is 0. The largest absolute Gasteiger partial charge is 0.462 e. The quantitative estimate of drug-likeness (QED) is 0.0261. The third-order valence-corrected chi connectivity index (χ3v) is 16.7. The van der Waals surface area contributed by atoms with Crippen molar-refractivity contribution in [2.45, 2.75) is 419 Å². The summed E-state index contributed by atoms with van der Waals surface area (Å²) in [5, 5.41) is 0. The molecule has 0 saturated carbocycles. The third kappa shape index (κ3) is 66.7. The van der Waals surface area contributed by atoms with E-state index >= 15 is 0 Å². The molecule has 6 heteroatoms. The molecule has 0 amide bonds. The van der Waals surface area contributed by atoms with Gasteiger partial charge in [-0.3, -0.25) is 14.4 Å². The number of ether oxygens (including phenoxy) is 3. The molecule has 0 aliphatic heterocycles. The molecule has 0 aromatic carbocycles. The van der Waals surface area contributed by atoms with E-state index in [1.807, 2.05) is 0 Å². The molecule has 472 valence electrons. The Balaban J connectivity index is 4.23. The van der Waals surface area contributed by atoms with E-state index in [0.717, 1.165) is 77.0 Å². The van der Waals surface area contributed by atoms with Gasteiger partial charge in [0.05, 0.1) is 0 Å². The van der Waals surface area contributed by atoms with E-state index < -0.39 is 6.10 Å². The van der Waals surface area contributed by atoms with Crippen LogP contribution in [0, 0.1) is 0 Å². The Labute approximate surface area is 500 Å². The fourth-order valence-electron chi connectivity index (χ4n) is 11.2. The number of unbranched alkanes of at least 4 members (excludes halogenated alkanes) is 53. The number of esters is 3. The first-order valence-electron chi connectivity index (χ1n) is 36.3. The highest BCUT2D eigenvalue weighted by atomic mass is 16.6. The number of carbonyl (C=O) groups is 3. The maximum absolute atomic E-state index is 13.0. The number of hydrogen-bond donors (Lipinski definition) is 0. The Bertz CT molecular complexity index is 1290. The first-order chi connectivity index (χ1) is 39.5. The maximum Gasteiger partial charge on any atom is 0.306 e. The van der Waals surface area contributed by atoms with Gasteiger partial charge in [-0.05, 0) is 51.4 Å². The summed E-state index contributed by atoms with van der Waals surface area (Å²) in [6.45, 7) is 6.70. The minimum atomic E-state index is -0.774. The molecule has 0 N–H and O–H groups in total. The molecule has 0 fully saturated rings. The van der Waals surface area contributed by atoms with E-state index in [0.29, 0.717) is 19.3 Å². The van der Waals surface area contributed by atoms with Gasteiger partial charge in [-0.25, -0.2) is 0 Å². The van der Waals surface area contributed by atoms with Crippen LogP contribution >= 0.6 is 0 Å². The summed E-state index contributed by atoms with van der Waals surface area (Å²) >= 11 is 0. The molecule has 0 bridgehead atoms. The number of rotatable bonds is 68. The number of hydrogen-bond acceptors (Lipinski definition) is 6. The van der Waals surface area contributed by atoms with Crippen molar-refractivity contribution in [3.05, 3.63) is 24.3 Å². The van der Waals surface area contributed by atoms with Crippen LogP contribution in [0.3, 0.4) is 0 Å². The Morgan fingerprint density at radius 3 is 0.700 bits per heavy atom. The molecular weight excluding hydrogens is 985 g/mol. The summed E-state index contributed by atoms with van der Waals surface area (Å²) < 4.78 is 17.0. The van der Waals surface area contributed by atoms with Gasteiger partial charge in [0.2, 0.25) is 0 Å². The van der Waals surface area contributed by atoms with E-state index in [9.17, 15) is 14.4 Å². The standard InChI is InChI=1S/C74H140O6/c1-4-7-10-13-16-19-22-25-28-31-33-34-35-36-37-38-39-40-42-43-46-49-52-55-58-61-64-67-73(76)79-70-71(69-78-72(75)66-63-60-57-54-51-48-45-30-27-24-21-18-15-12-9-6-3)80-74(77)68-65-62-59-56-53-50-47-44-41-32-29-26-23-20-17-14-11-8-5-2/h21,24,30,45,71H,4-20,22-23,25-29,31-44,46-70H2,1-3H3/b24-21-,45-30-. The fraction of sp³-hybridized carbons (Fsp3) is 0.905. The minimum absolute atomic E-state index is 0.0691. The normalized spacial score (nSPS) is 12.1. The van der Waals surface area contributed by atoms with Gasteiger partial charge in [-0.15, -0.1) is 0 Å². The predicted octanol–water partition coefficient (Wildman–Crippen LogP) is 25.0. The van der Waals surface area contributed by atoms with E-state index in [2.05, 4.69) is 45.1 Å². The number of carbonyl (C=O) groups excluding carboxylic acids is 3. The summed E-state index contributed by atoms with van der Waals surface area (Å²) in [5.74, 6) is -0.849. The molecule has 0 aromatic rings. The molecule has 0 aliphatic carbocycles. The molecule has 0 spiro atoms. The predicted molar refractivity (Wildman–Crippen MR) is 349 cm³/mol. The van der Waals surface area contributed by atoms with E-state index in [1.54, 1.807) is 0 Å². The zero-order valence-electron chi connectivity index (χ0n) is 54.4. The summed E-state index contributed by atoms with van der Waals surface area (Å²) in [7, 11) is 0. The lowest BCUT2D eigenvalue weighted by Gasteiger charge is -2.18. The maximum atomic E-state index is 13.0. The summed E-state index contributed by atoms with van der Waals surface area (Å²) in [6.07, 6.45) is 85.0. The van der Waals surface area contributed by atoms with Gasteiger partial charge in [0.15, 0.2) is 6.10 Å². The van der Waals surface area contributed by atoms with Gasteiger partial charge < -0.3 is 14.2 Å². The van der Waals surface area contributed by atoms with E-state index in [1.165, 1.54) is 295 Å². The molecule has 0 heterocycles. The van der Waals surface area contributed by atoms with Gasteiger partial charge in [0.1, 0.15) is 13.2 Å². The van der Waals surface area contributed by atoms with Crippen LogP contribution in [0.2, 0.25) is 0 Å². The van der Waals surface area contributed by atoms with Gasteiger partial charge >= 0.3 is 17.9 Å². The van der Waals surface area contributed by atoms with Gasteiger partial charge in [0, 0.05) is 19.3 Å². The van der Waals surface area contributed by atoms with Crippen molar-refractivity contribution in [3.8, 4) is 0 Å². The first kappa shape index (κ1) is 77.9. The minimum Gasteiger partial charge on any atom is -0.462 e. The molecule has 80 heavy (non-hydrogen) atoms. The van der Waals surface area contributed by atoms with Crippen molar-refractivity contribution in [1.82, 2.24) is 0 Å². The van der Waals surface area contributed by atoms with Gasteiger partial charge in [0.25, 0.3) is 0 Å². The summed E-state index contributed by atoms with van der Waals surface area (Å²) in [4.78, 5) is 38.5. The molecule has 0 aromatic heterocycles. The topological polar surface area (TPSA) is 78.9 Å². The van der Waals surface area contributed by atoms with Crippen molar-refractivity contribution in [2.24, 2.45) is 0 Å². The van der Waals surface area contributed by atoms with Gasteiger partial charge in [-0.2, -0.15) is 0 Å². The van der Waals surface area contributed by atoms with Gasteiger partial charge in [-0.1, -0.05) is 366 Å². The lowest BCUT2D eigenvalue weighted by Crippen LogP contribution is -2.30. The highest BCUT2D eigenvalue weighted by Crippen LogP contribution is 2.19. The Hall–Kier alpha value is -2.11. The van der Waals surface area contributed by atoms with Crippen LogP contribution in [0.5, 0.6) is 0 Å². The number of allylic oxidation sites excluding steroid dienone is 4. The molecule has 1 atom stereocenters. The van der Waals surface area contributed by atoms with Crippen LogP contribution in [0.4, 0.5) is 0 Å². The molecule has 0 aliphatic rings. The zero-order valence-corrected chi connectivity index (χ0v) is 54.4. The molecular formula is C74H140O6. The van der Waals surface area contributed by atoms with E-state index in [-0.39, 0.29) is 31.1 Å². The second kappa shape index (κ2) is 69.4. The molecule has 0 rings (SSSR count). The van der Waals surface area contributed by atoms with Crippen LogP contribution in [0.25, 0.3) is 0 Å². The fourth-order valence-corrected chi connectivity index (χ4v) is 11.2. The van der Waals surface area contributed by atoms with E-state index in [4.69, 9.17) is 14.2 Å². The highest BCUT2D eigenvalue weighted by Gasteiger charge is 2.19. The average molecular weight is 1130 g/mol. The molecule has 0 saturated heterocycles. The Morgan fingerprint density at radius 2 is 0.450 bits per heavy atom. The lowest BCUT2D eigenvalue weighted by atomic mass is 10.0. The summed E-state index contributed by atoms with van der Waals surface area (Å²) in [6, 6.07) is 0. The van der Waals surface area contributed by atoms with Crippen molar-refractivity contribution in [3.63, 3.8) is 0 Å². The highest BCUT2D eigenvalue weighted by molar-refractivity contribution is 5.71. The average Bonchev–Trinajstić information content (AvgIpc) is 3.46. The molecule has 1 unspecified atom stereocenters. The van der Waals surface area contributed by atoms with Crippen LogP contribution in [-0.2, 0) is 28.6 Å². The zero-order chi connectivity index (χ0) is 57.8. The van der Waals surface area contributed by atoms with Crippen LogP contribution in [0.1, 0.15) is 412 Å². The van der Waals surface area contributed by atoms with Crippen molar-refractivity contribution < 1.29 is 28.6 Å². The van der Waals surface area contributed by atoms with Crippen molar-refractivity contribution >= 4 is 17.9 Å². The second-order valence-electron chi connectivity index (χ2n) is 24.9. The Kier molecular flexibility index (Phi) is 67.6. The monoisotopic (exact) mass is 1130 g/mol. The SMILES string of the molecule is CCCCCC/C=C\C/C=C\CCCCCCCC(=O)OCC(COC(=O)CCCCCCCCCCCCCCCCCCCCCCCCCCCCC)OC(=O)CCCCCCCCCCCCCCCCCCCCC. The first-order valence-corrected chi connectivity index (χ1v) is 36.3. The smallest absolute Gasteiger partial charge is 0.306 e. The van der Waals surface area contributed by atoms with Crippen molar-refractivity contribution in [2.75, 3.05) is 13.2 Å². The lowest BCUT2D eigenvalue weighted by molar-refractivity contribution is -0.167. The third-order valence-electron chi connectivity index (χ3n) is 16.7. The molecule has 6 nitrogen and oxygen atoms in total. The molecule has 0 radical (unpaired) electrons. The Morgan fingerprint density at radius 1 is 0.250 bits per heavy atom. The van der Waals surface area contributed by atoms with Crippen LogP contribution in [-0.4, -0.2) is 37.2 Å². The second-order valence-corrected chi connectivity index (χ2v) is 24.9.